The predicted molar refractivity (Wildman–Crippen MR) is 97.2 cm³/mol. The molecule has 2 aromatic carbocycles. The summed E-state index contributed by atoms with van der Waals surface area (Å²) < 4.78 is 30.7. The van der Waals surface area contributed by atoms with E-state index in [9.17, 15) is 13.2 Å². The van der Waals surface area contributed by atoms with Gasteiger partial charge in [-0.2, -0.15) is 4.31 Å². The largest absolute Gasteiger partial charge is 0.468 e. The molecule has 0 heterocycles. The number of para-hydroxylation sites is 1. The molecular weight excluding hydrogens is 340 g/mol. The van der Waals surface area contributed by atoms with Gasteiger partial charge in [-0.1, -0.05) is 48.5 Å². The Morgan fingerprint density at radius 3 is 2.28 bits per heavy atom. The average molecular weight is 362 g/mol. The van der Waals surface area contributed by atoms with Gasteiger partial charge in [0, 0.05) is 12.2 Å². The number of rotatable bonds is 7. The quantitative estimate of drug-likeness (QED) is 0.599. The van der Waals surface area contributed by atoms with E-state index in [1.165, 1.54) is 7.11 Å². The van der Waals surface area contributed by atoms with Crippen molar-refractivity contribution in [2.75, 3.05) is 19.1 Å². The molecule has 0 aliphatic carbocycles. The molecule has 0 amide bonds. The highest BCUT2D eigenvalue weighted by molar-refractivity contribution is 7.88. The molecule has 2 rings (SSSR count). The number of methoxy groups -OCH3 is 1. The van der Waals surface area contributed by atoms with E-state index in [0.717, 1.165) is 16.1 Å². The van der Waals surface area contributed by atoms with Gasteiger partial charge < -0.3 is 10.5 Å². The zero-order valence-corrected chi connectivity index (χ0v) is 15.1. The lowest BCUT2D eigenvalue weighted by Crippen LogP contribution is -2.46. The van der Waals surface area contributed by atoms with Crippen LogP contribution >= 0.6 is 0 Å². The molecule has 0 aliphatic heterocycles. The van der Waals surface area contributed by atoms with E-state index in [2.05, 4.69) is 0 Å². The fourth-order valence-corrected chi connectivity index (χ4v) is 3.58. The lowest BCUT2D eigenvalue weighted by atomic mass is 10.1. The normalized spacial score (nSPS) is 12.8. The Morgan fingerprint density at radius 2 is 1.72 bits per heavy atom. The van der Waals surface area contributed by atoms with Crippen molar-refractivity contribution >= 4 is 21.7 Å². The van der Waals surface area contributed by atoms with Crippen LogP contribution in [-0.4, -0.2) is 38.1 Å². The summed E-state index contributed by atoms with van der Waals surface area (Å²) in [7, 11) is -2.43. The zero-order chi connectivity index (χ0) is 18.4. The number of carbonyl (C=O) groups is 1. The molecule has 134 valence electrons. The molecular formula is C18H22N2O4S. The van der Waals surface area contributed by atoms with Crippen molar-refractivity contribution in [1.29, 1.82) is 0 Å². The second kappa shape index (κ2) is 8.13. The van der Waals surface area contributed by atoms with Crippen LogP contribution in [0.15, 0.2) is 54.6 Å². The number of hydrogen-bond acceptors (Lipinski definition) is 5. The molecule has 7 heteroatoms. The van der Waals surface area contributed by atoms with Gasteiger partial charge in [0.2, 0.25) is 10.0 Å². The number of benzene rings is 2. The molecule has 1 unspecified atom stereocenters. The van der Waals surface area contributed by atoms with Crippen molar-refractivity contribution in [1.82, 2.24) is 4.31 Å². The lowest BCUT2D eigenvalue weighted by molar-refractivity contribution is -0.145. The Morgan fingerprint density at radius 1 is 1.12 bits per heavy atom. The van der Waals surface area contributed by atoms with Crippen LogP contribution in [0, 0.1) is 0 Å². The Labute approximate surface area is 148 Å². The topological polar surface area (TPSA) is 89.7 Å². The first-order valence-corrected chi connectivity index (χ1v) is 9.59. The Kier molecular flexibility index (Phi) is 6.17. The Balaban J connectivity index is 2.40. The summed E-state index contributed by atoms with van der Waals surface area (Å²) in [5.74, 6) is -0.608. The van der Waals surface area contributed by atoms with E-state index in [1.807, 2.05) is 30.3 Å². The number of esters is 1. The highest BCUT2D eigenvalue weighted by Gasteiger charge is 2.33. The fourth-order valence-electron chi connectivity index (χ4n) is 2.58. The van der Waals surface area contributed by atoms with Crippen LogP contribution in [0.3, 0.4) is 0 Å². The Bertz CT molecular complexity index is 822. The van der Waals surface area contributed by atoms with Gasteiger partial charge in [-0.3, -0.25) is 4.79 Å². The van der Waals surface area contributed by atoms with Crippen LogP contribution in [0.2, 0.25) is 0 Å². The summed E-state index contributed by atoms with van der Waals surface area (Å²) in [6, 6.07) is 15.2. The summed E-state index contributed by atoms with van der Waals surface area (Å²) in [6.45, 7) is -0.00188. The number of nitrogens with zero attached hydrogens (tertiary/aromatic N) is 1. The van der Waals surface area contributed by atoms with E-state index in [0.29, 0.717) is 11.3 Å². The van der Waals surface area contributed by atoms with Crippen molar-refractivity contribution < 1.29 is 17.9 Å². The van der Waals surface area contributed by atoms with Crippen LogP contribution in [0.5, 0.6) is 0 Å². The third-order valence-electron chi connectivity index (χ3n) is 3.90. The monoisotopic (exact) mass is 362 g/mol. The molecule has 0 fully saturated rings. The smallest absolute Gasteiger partial charge is 0.324 e. The number of sulfonamides is 1. The van der Waals surface area contributed by atoms with E-state index in [1.54, 1.807) is 24.3 Å². The molecule has 0 saturated heterocycles. The number of ether oxygens (including phenoxy) is 1. The van der Waals surface area contributed by atoms with E-state index >= 15 is 0 Å². The molecule has 0 aliphatic rings. The number of hydrogen-bond donors (Lipinski definition) is 1. The molecule has 0 aromatic heterocycles. The second-order valence-corrected chi connectivity index (χ2v) is 7.67. The molecule has 0 radical (unpaired) electrons. The second-order valence-electron chi connectivity index (χ2n) is 5.74. The van der Waals surface area contributed by atoms with Crippen molar-refractivity contribution in [3.63, 3.8) is 0 Å². The van der Waals surface area contributed by atoms with Crippen LogP contribution in [-0.2, 0) is 32.5 Å². The number of carbonyl (C=O) groups excluding carboxylic acids is 1. The third kappa shape index (κ3) is 5.04. The molecule has 0 bridgehead atoms. The van der Waals surface area contributed by atoms with Gasteiger partial charge in [0.1, 0.15) is 6.04 Å². The average Bonchev–Trinajstić information content (AvgIpc) is 2.58. The maximum Gasteiger partial charge on any atom is 0.324 e. The fraction of sp³-hybridized carbons (Fsp3) is 0.278. The first-order chi connectivity index (χ1) is 11.8. The standard InChI is InChI=1S/C18H22N2O4S/c1-24-18(21)17(12-14-8-4-3-5-9-14)20(25(2,22)23)13-15-10-6-7-11-16(15)19/h3-11,17H,12-13,19H2,1-2H3. The van der Waals surface area contributed by atoms with Gasteiger partial charge in [0.25, 0.3) is 0 Å². The van der Waals surface area contributed by atoms with Gasteiger partial charge >= 0.3 is 5.97 Å². The summed E-state index contributed by atoms with van der Waals surface area (Å²) in [6.07, 6.45) is 1.29. The van der Waals surface area contributed by atoms with Crippen molar-refractivity contribution in [2.45, 2.75) is 19.0 Å². The highest BCUT2D eigenvalue weighted by Crippen LogP contribution is 2.20. The van der Waals surface area contributed by atoms with Crippen molar-refractivity contribution in [3.05, 3.63) is 65.7 Å². The molecule has 0 saturated carbocycles. The highest BCUT2D eigenvalue weighted by atomic mass is 32.2. The van der Waals surface area contributed by atoms with Crippen LogP contribution < -0.4 is 5.73 Å². The first kappa shape index (κ1) is 19.0. The van der Waals surface area contributed by atoms with E-state index in [4.69, 9.17) is 10.5 Å². The number of nitrogens with two attached hydrogens (primary N) is 1. The SMILES string of the molecule is COC(=O)C(Cc1ccccc1)N(Cc1ccccc1N)S(C)(=O)=O. The number of nitrogen functional groups attached to an aromatic ring is 1. The summed E-state index contributed by atoms with van der Waals surface area (Å²) in [5, 5.41) is 0. The molecule has 0 spiro atoms. The summed E-state index contributed by atoms with van der Waals surface area (Å²) >= 11 is 0. The van der Waals surface area contributed by atoms with Crippen LogP contribution in [0.25, 0.3) is 0 Å². The summed E-state index contributed by atoms with van der Waals surface area (Å²) in [5.41, 5.74) is 7.88. The molecule has 1 atom stereocenters. The number of anilines is 1. The minimum Gasteiger partial charge on any atom is -0.468 e. The predicted octanol–water partition coefficient (Wildman–Crippen LogP) is 1.81. The summed E-state index contributed by atoms with van der Waals surface area (Å²) in [4.78, 5) is 12.3. The van der Waals surface area contributed by atoms with E-state index < -0.39 is 22.0 Å². The van der Waals surface area contributed by atoms with Gasteiger partial charge in [0.05, 0.1) is 13.4 Å². The van der Waals surface area contributed by atoms with Gasteiger partial charge in [-0.15, -0.1) is 0 Å². The van der Waals surface area contributed by atoms with Gasteiger partial charge in [-0.05, 0) is 23.6 Å². The zero-order valence-electron chi connectivity index (χ0n) is 14.3. The molecule has 6 nitrogen and oxygen atoms in total. The van der Waals surface area contributed by atoms with Gasteiger partial charge in [0.15, 0.2) is 0 Å². The van der Waals surface area contributed by atoms with Crippen molar-refractivity contribution in [3.8, 4) is 0 Å². The van der Waals surface area contributed by atoms with Crippen LogP contribution in [0.4, 0.5) is 5.69 Å². The maximum atomic E-state index is 12.4. The third-order valence-corrected chi connectivity index (χ3v) is 5.14. The van der Waals surface area contributed by atoms with Crippen LogP contribution in [0.1, 0.15) is 11.1 Å². The lowest BCUT2D eigenvalue weighted by Gasteiger charge is -2.28. The minimum atomic E-state index is -3.68. The first-order valence-electron chi connectivity index (χ1n) is 7.75. The Hall–Kier alpha value is -2.38. The molecule has 2 aromatic rings. The van der Waals surface area contributed by atoms with Crippen molar-refractivity contribution in [2.24, 2.45) is 0 Å². The van der Waals surface area contributed by atoms with E-state index in [-0.39, 0.29) is 13.0 Å². The minimum absolute atomic E-state index is 0.00188. The van der Waals surface area contributed by atoms with Gasteiger partial charge in [-0.25, -0.2) is 8.42 Å². The molecule has 2 N–H and O–H groups in total. The maximum absolute atomic E-state index is 12.4. The molecule has 25 heavy (non-hydrogen) atoms.